The van der Waals surface area contributed by atoms with E-state index in [1.54, 1.807) is 37.4 Å². The molecule has 11 heteroatoms. The van der Waals surface area contributed by atoms with Crippen molar-refractivity contribution >= 4 is 51.7 Å². The quantitative estimate of drug-likeness (QED) is 0.251. The van der Waals surface area contributed by atoms with Gasteiger partial charge in [0, 0.05) is 60.4 Å². The zero-order chi connectivity index (χ0) is 30.5. The minimum absolute atomic E-state index is 0. The number of carbonyl (C=O) groups excluding carboxylic acids is 2. The Kier molecular flexibility index (Phi) is 7.15. The van der Waals surface area contributed by atoms with Gasteiger partial charge in [0.25, 0.3) is 5.91 Å². The van der Waals surface area contributed by atoms with Gasteiger partial charge in [0.15, 0.2) is 0 Å². The van der Waals surface area contributed by atoms with Crippen molar-refractivity contribution in [2.24, 2.45) is 5.92 Å². The van der Waals surface area contributed by atoms with E-state index in [1.807, 2.05) is 12.1 Å². The van der Waals surface area contributed by atoms with Crippen molar-refractivity contribution in [3.8, 4) is 5.75 Å². The number of ether oxygens (including phenoxy) is 1. The lowest BCUT2D eigenvalue weighted by atomic mass is 9.70. The minimum atomic E-state index is -1.21. The number of carbonyl (C=O) groups is 2. The summed E-state index contributed by atoms with van der Waals surface area (Å²) in [5.74, 6) is -0.353. The number of anilines is 1. The molecule has 45 heavy (non-hydrogen) atoms. The van der Waals surface area contributed by atoms with Gasteiger partial charge in [-0.15, -0.1) is 0 Å². The van der Waals surface area contributed by atoms with Gasteiger partial charge in [-0.2, -0.15) is 0 Å². The first-order valence-corrected chi connectivity index (χ1v) is 15.7. The number of hydrogen-bond acceptors (Lipinski definition) is 5. The number of aromatic nitrogens is 2. The zero-order valence-electron chi connectivity index (χ0n) is 24.2. The van der Waals surface area contributed by atoms with Gasteiger partial charge in [0.1, 0.15) is 22.9 Å². The van der Waals surface area contributed by atoms with Crippen LogP contribution in [-0.2, 0) is 16.9 Å². The van der Waals surface area contributed by atoms with Gasteiger partial charge in [-0.25, -0.2) is 9.37 Å². The standard InChI is InChI=1S/C33H30Cl2FN5O3.CH4/c1-37-31(42)19-13-23-25(14-26(19)44-2)40-11-10-24-27(30(40)38-23)28(18-4-3-5-21(35)29(18)36)33(41(24)15-16-6-7-16)20-9-8-17(34)12-22(20)39-32(33)43;/h3-5,8-9,12-14,16,24,27-28H,6-7,10-11,15H2,1-2H3,(H,37,42)(H,39,43);1H4/t24-,27+,28-,33+;/m0./s1. The number of likely N-dealkylation sites (tertiary alicyclic amines) is 1. The summed E-state index contributed by atoms with van der Waals surface area (Å²) < 4.78 is 24.0. The highest BCUT2D eigenvalue weighted by Crippen LogP contribution is 2.64. The largest absolute Gasteiger partial charge is 0.496 e. The van der Waals surface area contributed by atoms with Crippen LogP contribution in [0.15, 0.2) is 48.5 Å². The first kappa shape index (κ1) is 30.0. The Morgan fingerprint density at radius 3 is 2.71 bits per heavy atom. The van der Waals surface area contributed by atoms with E-state index < -0.39 is 17.3 Å². The van der Waals surface area contributed by atoms with E-state index in [4.69, 9.17) is 32.9 Å². The third-order valence-corrected chi connectivity index (χ3v) is 10.6. The summed E-state index contributed by atoms with van der Waals surface area (Å²) in [6.07, 6.45) is 2.91. The van der Waals surface area contributed by atoms with Crippen molar-refractivity contribution in [2.45, 2.75) is 56.7 Å². The lowest BCUT2D eigenvalue weighted by molar-refractivity contribution is -0.128. The van der Waals surface area contributed by atoms with Crippen LogP contribution in [0.4, 0.5) is 10.1 Å². The number of imidazole rings is 1. The second-order valence-corrected chi connectivity index (χ2v) is 13.1. The van der Waals surface area contributed by atoms with E-state index >= 15 is 4.39 Å². The lowest BCUT2D eigenvalue weighted by Gasteiger charge is -2.40. The molecule has 2 fully saturated rings. The molecule has 4 atom stereocenters. The average Bonchev–Trinajstić information content (AvgIpc) is 3.61. The number of rotatable bonds is 5. The Bertz CT molecular complexity index is 1890. The van der Waals surface area contributed by atoms with Gasteiger partial charge < -0.3 is 19.9 Å². The molecule has 1 spiro atoms. The number of methoxy groups -OCH3 is 1. The van der Waals surface area contributed by atoms with Crippen LogP contribution >= 0.6 is 23.2 Å². The maximum atomic E-state index is 16.3. The Morgan fingerprint density at radius 1 is 1.18 bits per heavy atom. The molecule has 8 rings (SSSR count). The van der Waals surface area contributed by atoms with E-state index in [2.05, 4.69) is 20.1 Å². The van der Waals surface area contributed by atoms with Gasteiger partial charge in [-0.3, -0.25) is 14.5 Å². The fourth-order valence-corrected chi connectivity index (χ4v) is 8.45. The van der Waals surface area contributed by atoms with Crippen molar-refractivity contribution in [1.29, 1.82) is 0 Å². The van der Waals surface area contributed by atoms with Gasteiger partial charge in [-0.1, -0.05) is 48.8 Å². The first-order chi connectivity index (χ1) is 21.3. The molecule has 0 radical (unpaired) electrons. The highest BCUT2D eigenvalue weighted by molar-refractivity contribution is 6.31. The Hall–Kier alpha value is -3.66. The summed E-state index contributed by atoms with van der Waals surface area (Å²) in [7, 11) is 3.11. The van der Waals surface area contributed by atoms with Crippen LogP contribution < -0.4 is 15.4 Å². The molecule has 1 aliphatic carbocycles. The smallest absolute Gasteiger partial charge is 0.254 e. The molecule has 4 aromatic rings. The summed E-state index contributed by atoms with van der Waals surface area (Å²) in [6, 6.07) is 14.0. The number of hydrogen-bond donors (Lipinski definition) is 2. The molecule has 4 aliphatic rings. The van der Waals surface area contributed by atoms with Gasteiger partial charge in [-0.05, 0) is 55.0 Å². The molecule has 4 heterocycles. The third kappa shape index (κ3) is 4.16. The Morgan fingerprint density at radius 2 is 1.98 bits per heavy atom. The van der Waals surface area contributed by atoms with Crippen LogP contribution in [0.3, 0.4) is 0 Å². The van der Waals surface area contributed by atoms with Crippen molar-refractivity contribution < 1.29 is 18.7 Å². The number of nitrogens with zero attached hydrogens (tertiary/aromatic N) is 3. The summed E-state index contributed by atoms with van der Waals surface area (Å²) in [6.45, 7) is 1.36. The molecule has 3 aromatic carbocycles. The molecular weight excluding hydrogens is 616 g/mol. The van der Waals surface area contributed by atoms with E-state index in [-0.39, 0.29) is 36.2 Å². The summed E-state index contributed by atoms with van der Waals surface area (Å²) in [4.78, 5) is 34.8. The molecule has 0 unspecified atom stereocenters. The van der Waals surface area contributed by atoms with E-state index in [9.17, 15) is 9.59 Å². The fourth-order valence-electron chi connectivity index (χ4n) is 8.10. The lowest BCUT2D eigenvalue weighted by Crippen LogP contribution is -2.53. The maximum absolute atomic E-state index is 16.3. The number of fused-ring (bicyclic) bond motifs is 7. The number of aryl methyl sites for hydroxylation is 1. The number of halogens is 3. The number of nitrogens with one attached hydrogen (secondary N) is 2. The van der Waals surface area contributed by atoms with Crippen LogP contribution in [0.2, 0.25) is 10.0 Å². The Balaban J connectivity index is 0.00000325. The predicted molar refractivity (Wildman–Crippen MR) is 173 cm³/mol. The van der Waals surface area contributed by atoms with Crippen molar-refractivity contribution in [2.75, 3.05) is 26.0 Å². The first-order valence-electron chi connectivity index (χ1n) is 14.9. The molecule has 8 nitrogen and oxygen atoms in total. The molecule has 1 aromatic heterocycles. The SMILES string of the molecule is C.CNC(=O)c1cc2nc3n(c2cc1OC)CC[C@H]1[C@@H]3[C@H](c2cccc(Cl)c2F)[C@]2(C(=O)Nc3cc(Cl)ccc32)N1CC1CC1. The summed E-state index contributed by atoms with van der Waals surface area (Å²) in [5.41, 5.74) is 2.45. The van der Waals surface area contributed by atoms with Crippen LogP contribution in [-0.4, -0.2) is 53.0 Å². The monoisotopic (exact) mass is 649 g/mol. The highest BCUT2D eigenvalue weighted by atomic mass is 35.5. The molecule has 1 saturated carbocycles. The van der Waals surface area contributed by atoms with Gasteiger partial charge in [0.05, 0.1) is 28.7 Å². The van der Waals surface area contributed by atoms with Gasteiger partial charge >= 0.3 is 0 Å². The maximum Gasteiger partial charge on any atom is 0.254 e. The van der Waals surface area contributed by atoms with Crippen molar-refractivity contribution in [1.82, 2.24) is 19.8 Å². The van der Waals surface area contributed by atoms with Crippen LogP contribution in [0, 0.1) is 11.7 Å². The predicted octanol–water partition coefficient (Wildman–Crippen LogP) is 6.70. The molecule has 2 N–H and O–H groups in total. The molecule has 2 amide bonds. The second kappa shape index (κ2) is 10.7. The van der Waals surface area contributed by atoms with Gasteiger partial charge in [0.2, 0.25) is 5.91 Å². The molecule has 0 bridgehead atoms. The molecular formula is C34H34Cl2FN5O3. The normalized spacial score (nSPS) is 25.0. The van der Waals surface area contributed by atoms with Crippen LogP contribution in [0.1, 0.15) is 65.8 Å². The second-order valence-electron chi connectivity index (χ2n) is 12.3. The topological polar surface area (TPSA) is 88.5 Å². The van der Waals surface area contributed by atoms with Crippen LogP contribution in [0.5, 0.6) is 5.75 Å². The minimum Gasteiger partial charge on any atom is -0.496 e. The van der Waals surface area contributed by atoms with Crippen LogP contribution in [0.25, 0.3) is 11.0 Å². The zero-order valence-corrected chi connectivity index (χ0v) is 25.7. The number of amides is 2. The molecule has 1 saturated heterocycles. The van der Waals surface area contributed by atoms with E-state index in [1.165, 1.54) is 13.2 Å². The van der Waals surface area contributed by atoms with Crippen molar-refractivity contribution in [3.63, 3.8) is 0 Å². The summed E-state index contributed by atoms with van der Waals surface area (Å²) >= 11 is 12.8. The third-order valence-electron chi connectivity index (χ3n) is 10.0. The van der Waals surface area contributed by atoms with E-state index in [0.29, 0.717) is 52.1 Å². The van der Waals surface area contributed by atoms with E-state index in [0.717, 1.165) is 36.2 Å². The van der Waals surface area contributed by atoms with Crippen molar-refractivity contribution in [3.05, 3.63) is 86.9 Å². The molecule has 3 aliphatic heterocycles. The number of benzene rings is 3. The fraction of sp³-hybridized carbons (Fsp3) is 0.382. The highest BCUT2D eigenvalue weighted by Gasteiger charge is 2.69. The average molecular weight is 651 g/mol. The Labute approximate surface area is 270 Å². The summed E-state index contributed by atoms with van der Waals surface area (Å²) in [5, 5.41) is 6.31. The molecule has 234 valence electrons.